The van der Waals surface area contributed by atoms with E-state index in [9.17, 15) is 18.0 Å². The third-order valence-electron chi connectivity index (χ3n) is 3.48. The first kappa shape index (κ1) is 15.1. The number of halogens is 4. The summed E-state index contributed by atoms with van der Waals surface area (Å²) in [5.41, 5.74) is 5.89. The number of rotatable bonds is 3. The van der Waals surface area contributed by atoms with Crippen LogP contribution in [-0.2, 0) is 11.3 Å². The Morgan fingerprint density at radius 3 is 2.60 bits per heavy atom. The summed E-state index contributed by atoms with van der Waals surface area (Å²) in [5.74, 6) is -3.78. The molecule has 1 aromatic rings. The number of amides is 1. The number of carbonyl (C=O) groups excluding carboxylic acids is 1. The largest absolute Gasteiger partial charge is 0.393 e. The fraction of sp³-hybridized carbons (Fsp3) is 0.462. The van der Waals surface area contributed by atoms with Crippen molar-refractivity contribution in [2.45, 2.75) is 12.7 Å². The Labute approximate surface area is 119 Å². The molecule has 1 fully saturated rings. The molecule has 1 aromatic carbocycles. The van der Waals surface area contributed by atoms with Crippen molar-refractivity contribution >= 4 is 17.5 Å². The van der Waals surface area contributed by atoms with Gasteiger partial charge in [-0.2, -0.15) is 13.2 Å². The van der Waals surface area contributed by atoms with E-state index < -0.39 is 23.9 Å². The van der Waals surface area contributed by atoms with E-state index in [4.69, 9.17) is 17.3 Å². The molecule has 0 bridgehead atoms. The molecule has 1 amide bonds. The van der Waals surface area contributed by atoms with Gasteiger partial charge in [-0.1, -0.05) is 23.7 Å². The van der Waals surface area contributed by atoms with Gasteiger partial charge in [-0.05, 0) is 17.7 Å². The Morgan fingerprint density at radius 1 is 1.40 bits per heavy atom. The summed E-state index contributed by atoms with van der Waals surface area (Å²) in [4.78, 5) is 12.8. The number of nitrogens with two attached hydrogens (primary N) is 1. The van der Waals surface area contributed by atoms with E-state index in [-0.39, 0.29) is 13.1 Å². The normalized spacial score (nSPS) is 24.0. The van der Waals surface area contributed by atoms with Crippen LogP contribution in [0.2, 0.25) is 5.02 Å². The smallest absolute Gasteiger partial charge is 0.369 e. The van der Waals surface area contributed by atoms with Crippen molar-refractivity contribution in [1.29, 1.82) is 0 Å². The van der Waals surface area contributed by atoms with Gasteiger partial charge in [0.25, 0.3) is 0 Å². The molecule has 0 aliphatic carbocycles. The second-order valence-electron chi connectivity index (χ2n) is 4.98. The predicted octanol–water partition coefficient (Wildman–Crippen LogP) is 2.44. The lowest BCUT2D eigenvalue weighted by Crippen LogP contribution is -2.37. The number of hydrogen-bond donors (Lipinski definition) is 1. The van der Waals surface area contributed by atoms with Crippen LogP contribution in [0.4, 0.5) is 13.2 Å². The van der Waals surface area contributed by atoms with Crippen molar-refractivity contribution in [1.82, 2.24) is 4.90 Å². The first-order chi connectivity index (χ1) is 9.27. The number of likely N-dealkylation sites (tertiary alicyclic amines) is 1. The molecule has 20 heavy (non-hydrogen) atoms. The summed E-state index contributed by atoms with van der Waals surface area (Å²) in [6.45, 7) is 0.118. The first-order valence-corrected chi connectivity index (χ1v) is 6.48. The zero-order valence-corrected chi connectivity index (χ0v) is 11.3. The number of benzene rings is 1. The van der Waals surface area contributed by atoms with E-state index in [0.29, 0.717) is 11.6 Å². The van der Waals surface area contributed by atoms with Gasteiger partial charge >= 0.3 is 6.18 Å². The first-order valence-electron chi connectivity index (χ1n) is 6.10. The monoisotopic (exact) mass is 306 g/mol. The minimum atomic E-state index is -4.41. The predicted molar refractivity (Wildman–Crippen MR) is 69.0 cm³/mol. The van der Waals surface area contributed by atoms with Crippen molar-refractivity contribution in [2.75, 3.05) is 13.1 Å². The number of alkyl halides is 3. The van der Waals surface area contributed by atoms with Crippen molar-refractivity contribution in [2.24, 2.45) is 17.6 Å². The van der Waals surface area contributed by atoms with Crippen LogP contribution in [0.1, 0.15) is 5.56 Å². The molecule has 2 atom stereocenters. The van der Waals surface area contributed by atoms with E-state index in [1.165, 1.54) is 0 Å². The number of primary amides is 1. The van der Waals surface area contributed by atoms with E-state index in [1.807, 2.05) is 0 Å². The summed E-state index contributed by atoms with van der Waals surface area (Å²) >= 11 is 5.84. The highest BCUT2D eigenvalue weighted by atomic mass is 35.5. The third-order valence-corrected chi connectivity index (χ3v) is 3.71. The highest BCUT2D eigenvalue weighted by Gasteiger charge is 2.51. The van der Waals surface area contributed by atoms with E-state index in [0.717, 1.165) is 5.56 Å². The van der Waals surface area contributed by atoms with Gasteiger partial charge in [0.2, 0.25) is 5.91 Å². The Kier molecular flexibility index (Phi) is 4.25. The molecule has 1 heterocycles. The number of nitrogens with zero attached hydrogens (tertiary/aromatic N) is 1. The summed E-state index contributed by atoms with van der Waals surface area (Å²) in [7, 11) is 0. The fourth-order valence-electron chi connectivity index (χ4n) is 2.53. The lowest BCUT2D eigenvalue weighted by atomic mass is 9.95. The van der Waals surface area contributed by atoms with Crippen molar-refractivity contribution in [3.8, 4) is 0 Å². The van der Waals surface area contributed by atoms with Gasteiger partial charge in [0.15, 0.2) is 0 Å². The second-order valence-corrected chi connectivity index (χ2v) is 5.42. The van der Waals surface area contributed by atoms with Crippen LogP contribution in [-0.4, -0.2) is 30.1 Å². The van der Waals surface area contributed by atoms with Gasteiger partial charge in [0.05, 0.1) is 11.8 Å². The molecule has 0 aromatic heterocycles. The summed E-state index contributed by atoms with van der Waals surface area (Å²) in [5, 5.41) is 0.528. The van der Waals surface area contributed by atoms with E-state index in [2.05, 4.69) is 0 Å². The third kappa shape index (κ3) is 3.43. The zero-order valence-electron chi connectivity index (χ0n) is 10.5. The molecule has 0 radical (unpaired) electrons. The van der Waals surface area contributed by atoms with Crippen molar-refractivity contribution < 1.29 is 18.0 Å². The van der Waals surface area contributed by atoms with Gasteiger partial charge in [0.1, 0.15) is 0 Å². The molecule has 0 saturated carbocycles. The molecule has 2 rings (SSSR count). The minimum absolute atomic E-state index is 0.0199. The van der Waals surface area contributed by atoms with Crippen molar-refractivity contribution in [3.05, 3.63) is 34.9 Å². The highest BCUT2D eigenvalue weighted by Crippen LogP contribution is 2.37. The lowest BCUT2D eigenvalue weighted by Gasteiger charge is -2.18. The highest BCUT2D eigenvalue weighted by molar-refractivity contribution is 6.30. The lowest BCUT2D eigenvalue weighted by molar-refractivity contribution is -0.182. The molecular formula is C13H14ClF3N2O. The summed E-state index contributed by atoms with van der Waals surface area (Å²) in [6, 6.07) is 6.91. The van der Waals surface area contributed by atoms with Gasteiger partial charge in [-0.15, -0.1) is 0 Å². The maximum absolute atomic E-state index is 12.9. The molecule has 3 nitrogen and oxygen atoms in total. The molecule has 0 spiro atoms. The molecule has 110 valence electrons. The van der Waals surface area contributed by atoms with E-state index >= 15 is 0 Å². The molecule has 0 unspecified atom stereocenters. The van der Waals surface area contributed by atoms with Gasteiger partial charge < -0.3 is 5.73 Å². The minimum Gasteiger partial charge on any atom is -0.369 e. The van der Waals surface area contributed by atoms with Gasteiger partial charge in [-0.3, -0.25) is 9.69 Å². The molecule has 1 aliphatic rings. The molecule has 2 N–H and O–H groups in total. The van der Waals surface area contributed by atoms with Crippen LogP contribution < -0.4 is 5.73 Å². The van der Waals surface area contributed by atoms with Crippen LogP contribution in [0.25, 0.3) is 0 Å². The van der Waals surface area contributed by atoms with Crippen LogP contribution >= 0.6 is 11.6 Å². The molecule has 1 saturated heterocycles. The fourth-order valence-corrected chi connectivity index (χ4v) is 2.74. The molecule has 7 heteroatoms. The average molecular weight is 307 g/mol. The zero-order chi connectivity index (χ0) is 14.9. The average Bonchev–Trinajstić information content (AvgIpc) is 2.73. The molecule has 1 aliphatic heterocycles. The quantitative estimate of drug-likeness (QED) is 0.932. The SMILES string of the molecule is NC(=O)[C@@H]1CN(Cc2cccc(Cl)c2)C[C@H]1C(F)(F)F. The Morgan fingerprint density at radius 2 is 2.10 bits per heavy atom. The summed E-state index contributed by atoms with van der Waals surface area (Å²) in [6.07, 6.45) is -4.41. The topological polar surface area (TPSA) is 46.3 Å². The Hall–Kier alpha value is -1.27. The maximum atomic E-state index is 12.9. The standard InChI is InChI=1S/C13H14ClF3N2O/c14-9-3-1-2-8(4-9)5-19-6-10(12(18)20)11(7-19)13(15,16)17/h1-4,10-11H,5-7H2,(H2,18,20)/t10-,11-/m1/s1. The number of carbonyl (C=O) groups is 1. The van der Waals surface area contributed by atoms with E-state index in [1.54, 1.807) is 29.2 Å². The van der Waals surface area contributed by atoms with Crippen LogP contribution in [0, 0.1) is 11.8 Å². The Balaban J connectivity index is 2.10. The maximum Gasteiger partial charge on any atom is 0.393 e. The molecular weight excluding hydrogens is 293 g/mol. The van der Waals surface area contributed by atoms with Crippen LogP contribution in [0.15, 0.2) is 24.3 Å². The van der Waals surface area contributed by atoms with Crippen LogP contribution in [0.3, 0.4) is 0 Å². The van der Waals surface area contributed by atoms with Gasteiger partial charge in [0, 0.05) is 24.7 Å². The Bertz CT molecular complexity index is 507. The number of hydrogen-bond acceptors (Lipinski definition) is 2. The van der Waals surface area contributed by atoms with Crippen LogP contribution in [0.5, 0.6) is 0 Å². The summed E-state index contributed by atoms with van der Waals surface area (Å²) < 4.78 is 38.7. The second kappa shape index (κ2) is 5.61. The van der Waals surface area contributed by atoms with Gasteiger partial charge in [-0.25, -0.2) is 0 Å². The van der Waals surface area contributed by atoms with Crippen molar-refractivity contribution in [3.63, 3.8) is 0 Å².